The summed E-state index contributed by atoms with van der Waals surface area (Å²) in [5, 5.41) is 2.27. The Labute approximate surface area is 63.9 Å². The van der Waals surface area contributed by atoms with Crippen molar-refractivity contribution in [2.75, 3.05) is 6.54 Å². The molecular weight excluding hydrogens is 144 g/mol. The SMILES string of the molecule is O=C1NC(=O)N2CC=CCC12. The first-order chi connectivity index (χ1) is 5.29. The number of fused-ring (bicyclic) bond motifs is 1. The van der Waals surface area contributed by atoms with Gasteiger partial charge in [-0.1, -0.05) is 12.2 Å². The molecule has 2 heterocycles. The van der Waals surface area contributed by atoms with Crippen LogP contribution in [0.2, 0.25) is 0 Å². The lowest BCUT2D eigenvalue weighted by Crippen LogP contribution is -2.36. The number of hydrogen-bond acceptors (Lipinski definition) is 2. The molecule has 2 rings (SSSR count). The van der Waals surface area contributed by atoms with E-state index in [1.807, 2.05) is 12.2 Å². The molecule has 0 aromatic rings. The summed E-state index contributed by atoms with van der Waals surface area (Å²) in [4.78, 5) is 23.5. The average Bonchev–Trinajstić information content (AvgIpc) is 2.30. The second kappa shape index (κ2) is 2.08. The number of nitrogens with one attached hydrogen (secondary N) is 1. The molecule has 2 aliphatic heterocycles. The molecule has 0 bridgehead atoms. The van der Waals surface area contributed by atoms with E-state index < -0.39 is 0 Å². The number of hydrogen-bond donors (Lipinski definition) is 1. The molecule has 4 heteroatoms. The summed E-state index contributed by atoms with van der Waals surface area (Å²) < 4.78 is 0. The molecule has 58 valence electrons. The molecule has 1 N–H and O–H groups in total. The number of amides is 3. The van der Waals surface area contributed by atoms with E-state index in [0.29, 0.717) is 13.0 Å². The topological polar surface area (TPSA) is 49.4 Å². The van der Waals surface area contributed by atoms with Gasteiger partial charge in [0.2, 0.25) is 0 Å². The molecule has 2 aliphatic rings. The van der Waals surface area contributed by atoms with Crippen molar-refractivity contribution in [2.24, 2.45) is 0 Å². The van der Waals surface area contributed by atoms with E-state index in [4.69, 9.17) is 0 Å². The number of carbonyl (C=O) groups excluding carboxylic acids is 2. The molecule has 0 saturated carbocycles. The third-order valence-electron chi connectivity index (χ3n) is 2.00. The third-order valence-corrected chi connectivity index (χ3v) is 2.00. The highest BCUT2D eigenvalue weighted by molar-refractivity contribution is 6.04. The van der Waals surface area contributed by atoms with E-state index in [1.165, 1.54) is 0 Å². The van der Waals surface area contributed by atoms with E-state index in [2.05, 4.69) is 5.32 Å². The predicted octanol–water partition coefficient (Wildman–Crippen LogP) is -0.133. The average molecular weight is 152 g/mol. The minimum atomic E-state index is -0.260. The van der Waals surface area contributed by atoms with Gasteiger partial charge in [-0.15, -0.1) is 0 Å². The zero-order chi connectivity index (χ0) is 7.84. The standard InChI is InChI=1S/C7H8N2O2/c10-6-5-3-1-2-4-9(5)7(11)8-6/h1-2,5H,3-4H2,(H,8,10,11). The van der Waals surface area contributed by atoms with Crippen molar-refractivity contribution in [3.8, 4) is 0 Å². The van der Waals surface area contributed by atoms with Crippen molar-refractivity contribution < 1.29 is 9.59 Å². The second-order valence-electron chi connectivity index (χ2n) is 2.67. The van der Waals surface area contributed by atoms with Crippen LogP contribution in [0.1, 0.15) is 6.42 Å². The first kappa shape index (κ1) is 6.39. The molecular formula is C7H8N2O2. The molecule has 0 spiro atoms. The minimum Gasteiger partial charge on any atom is -0.308 e. The van der Waals surface area contributed by atoms with Crippen molar-refractivity contribution in [2.45, 2.75) is 12.5 Å². The summed E-state index contributed by atoms with van der Waals surface area (Å²) >= 11 is 0. The van der Waals surface area contributed by atoms with E-state index >= 15 is 0 Å². The lowest BCUT2D eigenvalue weighted by molar-refractivity contribution is -0.121. The third kappa shape index (κ3) is 0.824. The molecule has 1 atom stereocenters. The quantitative estimate of drug-likeness (QED) is 0.388. The Morgan fingerprint density at radius 3 is 3.00 bits per heavy atom. The van der Waals surface area contributed by atoms with Crippen LogP contribution in [0.15, 0.2) is 12.2 Å². The van der Waals surface area contributed by atoms with Crippen LogP contribution in [0, 0.1) is 0 Å². The molecule has 4 nitrogen and oxygen atoms in total. The molecule has 0 aromatic carbocycles. The van der Waals surface area contributed by atoms with Crippen LogP contribution in [0.4, 0.5) is 4.79 Å². The predicted molar refractivity (Wildman–Crippen MR) is 37.8 cm³/mol. The highest BCUT2D eigenvalue weighted by Gasteiger charge is 2.37. The number of carbonyl (C=O) groups is 2. The monoisotopic (exact) mass is 152 g/mol. The van der Waals surface area contributed by atoms with E-state index in [-0.39, 0.29) is 18.0 Å². The molecule has 1 saturated heterocycles. The van der Waals surface area contributed by atoms with Crippen molar-refractivity contribution in [3.05, 3.63) is 12.2 Å². The summed E-state index contributed by atoms with van der Waals surface area (Å²) in [5.74, 6) is -0.167. The Morgan fingerprint density at radius 2 is 2.27 bits per heavy atom. The van der Waals surface area contributed by atoms with Crippen LogP contribution in [-0.4, -0.2) is 29.4 Å². The normalized spacial score (nSPS) is 28.7. The van der Waals surface area contributed by atoms with Gasteiger partial charge >= 0.3 is 6.03 Å². The fourth-order valence-corrected chi connectivity index (χ4v) is 1.40. The number of imide groups is 1. The van der Waals surface area contributed by atoms with Gasteiger partial charge in [-0.3, -0.25) is 10.1 Å². The molecule has 0 aliphatic carbocycles. The van der Waals surface area contributed by atoms with Gasteiger partial charge in [-0.2, -0.15) is 0 Å². The van der Waals surface area contributed by atoms with Crippen LogP contribution in [0.25, 0.3) is 0 Å². The van der Waals surface area contributed by atoms with Gasteiger partial charge in [0.05, 0.1) is 0 Å². The molecule has 0 radical (unpaired) electrons. The first-order valence-electron chi connectivity index (χ1n) is 3.55. The smallest absolute Gasteiger partial charge is 0.308 e. The second-order valence-corrected chi connectivity index (χ2v) is 2.67. The minimum absolute atomic E-state index is 0.167. The summed E-state index contributed by atoms with van der Waals surface area (Å²) in [6.45, 7) is 0.558. The zero-order valence-electron chi connectivity index (χ0n) is 5.91. The van der Waals surface area contributed by atoms with E-state index in [9.17, 15) is 9.59 Å². The van der Waals surface area contributed by atoms with Crippen LogP contribution in [-0.2, 0) is 4.79 Å². The largest absolute Gasteiger partial charge is 0.325 e. The molecule has 1 unspecified atom stereocenters. The number of nitrogens with zero attached hydrogens (tertiary/aromatic N) is 1. The Kier molecular flexibility index (Phi) is 1.21. The lowest BCUT2D eigenvalue weighted by Gasteiger charge is -2.21. The highest BCUT2D eigenvalue weighted by Crippen LogP contribution is 2.15. The Morgan fingerprint density at radius 1 is 1.45 bits per heavy atom. The molecule has 3 amide bonds. The fraction of sp³-hybridized carbons (Fsp3) is 0.429. The van der Waals surface area contributed by atoms with Gasteiger partial charge in [0.1, 0.15) is 6.04 Å². The van der Waals surface area contributed by atoms with Crippen molar-refractivity contribution in [1.82, 2.24) is 10.2 Å². The van der Waals surface area contributed by atoms with Gasteiger partial charge in [-0.05, 0) is 6.42 Å². The first-order valence-corrected chi connectivity index (χ1v) is 3.55. The highest BCUT2D eigenvalue weighted by atomic mass is 16.2. The Balaban J connectivity index is 2.28. The number of rotatable bonds is 0. The molecule has 11 heavy (non-hydrogen) atoms. The maximum atomic E-state index is 11.0. The summed E-state index contributed by atoms with van der Waals surface area (Å²) in [6.07, 6.45) is 4.48. The zero-order valence-corrected chi connectivity index (χ0v) is 5.91. The van der Waals surface area contributed by atoms with Gasteiger partial charge in [-0.25, -0.2) is 4.79 Å². The van der Waals surface area contributed by atoms with E-state index in [1.54, 1.807) is 4.90 Å². The van der Waals surface area contributed by atoms with Gasteiger partial charge in [0.25, 0.3) is 5.91 Å². The van der Waals surface area contributed by atoms with Crippen LogP contribution < -0.4 is 5.32 Å². The van der Waals surface area contributed by atoms with Crippen LogP contribution >= 0.6 is 0 Å². The Hall–Kier alpha value is -1.32. The lowest BCUT2D eigenvalue weighted by atomic mass is 10.1. The fourth-order valence-electron chi connectivity index (χ4n) is 1.40. The van der Waals surface area contributed by atoms with Crippen molar-refractivity contribution in [3.63, 3.8) is 0 Å². The Bertz CT molecular complexity index is 223. The van der Waals surface area contributed by atoms with Gasteiger partial charge < -0.3 is 4.90 Å². The maximum absolute atomic E-state index is 11.0. The maximum Gasteiger partial charge on any atom is 0.325 e. The molecule has 0 aromatic heterocycles. The van der Waals surface area contributed by atoms with Crippen molar-refractivity contribution in [1.29, 1.82) is 0 Å². The summed E-state index contributed by atoms with van der Waals surface area (Å²) in [6, 6.07) is -0.503. The van der Waals surface area contributed by atoms with Gasteiger partial charge in [0, 0.05) is 6.54 Å². The van der Waals surface area contributed by atoms with Crippen LogP contribution in [0.5, 0.6) is 0 Å². The van der Waals surface area contributed by atoms with Gasteiger partial charge in [0.15, 0.2) is 0 Å². The number of urea groups is 1. The molecule has 1 fully saturated rings. The van der Waals surface area contributed by atoms with E-state index in [0.717, 1.165) is 0 Å². The summed E-state index contributed by atoms with van der Waals surface area (Å²) in [5.41, 5.74) is 0. The summed E-state index contributed by atoms with van der Waals surface area (Å²) in [7, 11) is 0. The van der Waals surface area contributed by atoms with Crippen molar-refractivity contribution >= 4 is 11.9 Å². The van der Waals surface area contributed by atoms with Crippen LogP contribution in [0.3, 0.4) is 0 Å².